The molecule has 0 aromatic carbocycles. The summed E-state index contributed by atoms with van der Waals surface area (Å²) >= 11 is 0. The Hall–Kier alpha value is 0.110. The fraction of sp³-hybridized carbons (Fsp3) is 1.00. The topological polar surface area (TPSA) is 43.1 Å². The first-order valence-electron chi connectivity index (χ1n) is 4.33. The van der Waals surface area contributed by atoms with E-state index in [9.17, 15) is 4.21 Å². The van der Waals surface area contributed by atoms with Gasteiger partial charge in [-0.3, -0.25) is 5.14 Å². The third-order valence-corrected chi connectivity index (χ3v) is 4.23. The first-order chi connectivity index (χ1) is 5.20. The van der Waals surface area contributed by atoms with Crippen LogP contribution in [0.4, 0.5) is 0 Å². The Morgan fingerprint density at radius 1 is 1.45 bits per heavy atom. The Labute approximate surface area is 70.1 Å². The monoisotopic (exact) mass is 173 g/mol. The van der Waals surface area contributed by atoms with E-state index in [2.05, 4.69) is 0 Å². The van der Waals surface area contributed by atoms with Gasteiger partial charge in [0.1, 0.15) is 0 Å². The van der Waals surface area contributed by atoms with Crippen LogP contribution in [0, 0.1) is 11.3 Å². The van der Waals surface area contributed by atoms with Gasteiger partial charge in [-0.2, -0.15) is 0 Å². The molecule has 3 heteroatoms. The molecule has 2 aliphatic carbocycles. The van der Waals surface area contributed by atoms with Crippen LogP contribution in [-0.2, 0) is 11.0 Å². The van der Waals surface area contributed by atoms with Crippen molar-refractivity contribution in [3.8, 4) is 0 Å². The van der Waals surface area contributed by atoms with Gasteiger partial charge in [-0.25, -0.2) is 4.21 Å². The van der Waals surface area contributed by atoms with Gasteiger partial charge in [0.05, 0.1) is 11.0 Å². The molecule has 0 spiro atoms. The number of hydrogen-bond donors (Lipinski definition) is 1. The lowest BCUT2D eigenvalue weighted by Crippen LogP contribution is -2.25. The number of rotatable bonds is 2. The molecule has 1 unspecified atom stereocenters. The Morgan fingerprint density at radius 2 is 2.09 bits per heavy atom. The molecule has 2 rings (SSSR count). The van der Waals surface area contributed by atoms with Gasteiger partial charge in [-0.05, 0) is 43.4 Å². The van der Waals surface area contributed by atoms with Gasteiger partial charge < -0.3 is 0 Å². The van der Waals surface area contributed by atoms with E-state index in [-0.39, 0.29) is 0 Å². The maximum absolute atomic E-state index is 10.9. The smallest absolute Gasteiger partial charge is 0.0893 e. The molecule has 2 fully saturated rings. The molecule has 2 N–H and O–H groups in total. The quantitative estimate of drug-likeness (QED) is 0.669. The van der Waals surface area contributed by atoms with Gasteiger partial charge in [0, 0.05) is 5.75 Å². The van der Waals surface area contributed by atoms with E-state index in [0.29, 0.717) is 5.41 Å². The highest BCUT2D eigenvalue weighted by Crippen LogP contribution is 2.54. The van der Waals surface area contributed by atoms with Crippen LogP contribution >= 0.6 is 0 Å². The van der Waals surface area contributed by atoms with E-state index < -0.39 is 11.0 Å². The van der Waals surface area contributed by atoms with Crippen LogP contribution in [0.15, 0.2) is 0 Å². The third kappa shape index (κ3) is 1.36. The average molecular weight is 173 g/mol. The van der Waals surface area contributed by atoms with E-state index in [1.54, 1.807) is 0 Å². The molecule has 0 aliphatic heterocycles. The average Bonchev–Trinajstić information content (AvgIpc) is 2.43. The predicted octanol–water partition coefficient (Wildman–Crippen LogP) is 1.19. The highest BCUT2D eigenvalue weighted by molar-refractivity contribution is 7.82. The molecule has 0 radical (unpaired) electrons. The van der Waals surface area contributed by atoms with Crippen molar-refractivity contribution in [2.24, 2.45) is 16.5 Å². The Balaban J connectivity index is 2.05. The van der Waals surface area contributed by atoms with E-state index in [4.69, 9.17) is 5.14 Å². The molecule has 0 aromatic heterocycles. The van der Waals surface area contributed by atoms with Gasteiger partial charge in [0.2, 0.25) is 0 Å². The van der Waals surface area contributed by atoms with Crippen LogP contribution in [0.5, 0.6) is 0 Å². The Kier molecular flexibility index (Phi) is 1.80. The second-order valence-corrected chi connectivity index (χ2v) is 5.22. The van der Waals surface area contributed by atoms with Crippen molar-refractivity contribution < 1.29 is 4.21 Å². The van der Waals surface area contributed by atoms with Gasteiger partial charge in [-0.1, -0.05) is 0 Å². The molecule has 2 bridgehead atoms. The fourth-order valence-electron chi connectivity index (χ4n) is 2.82. The molecule has 1 atom stereocenters. The van der Waals surface area contributed by atoms with Gasteiger partial charge >= 0.3 is 0 Å². The zero-order valence-electron chi connectivity index (χ0n) is 6.71. The van der Waals surface area contributed by atoms with Crippen molar-refractivity contribution in [2.45, 2.75) is 32.1 Å². The molecule has 0 heterocycles. The lowest BCUT2D eigenvalue weighted by atomic mass is 9.87. The number of fused-ring (bicyclic) bond motifs is 2. The maximum atomic E-state index is 10.9. The van der Waals surface area contributed by atoms with Crippen molar-refractivity contribution in [3.05, 3.63) is 0 Å². The highest BCUT2D eigenvalue weighted by atomic mass is 32.2. The minimum Gasteiger partial charge on any atom is -0.252 e. The van der Waals surface area contributed by atoms with Crippen LogP contribution in [0.2, 0.25) is 0 Å². The maximum Gasteiger partial charge on any atom is 0.0893 e. The first kappa shape index (κ1) is 7.74. The summed E-state index contributed by atoms with van der Waals surface area (Å²) in [4.78, 5) is 0. The molecule has 0 aromatic rings. The highest BCUT2D eigenvalue weighted by Gasteiger charge is 2.45. The molecule has 0 amide bonds. The minimum atomic E-state index is -1.07. The summed E-state index contributed by atoms with van der Waals surface area (Å²) in [6.07, 6.45) is 6.57. The largest absolute Gasteiger partial charge is 0.252 e. The molecular formula is C8H15NOS. The third-order valence-electron chi connectivity index (χ3n) is 3.34. The number of nitrogens with two attached hydrogens (primary N) is 1. The fourth-order valence-corrected chi connectivity index (χ4v) is 3.83. The van der Waals surface area contributed by atoms with Gasteiger partial charge in [-0.15, -0.1) is 0 Å². The summed E-state index contributed by atoms with van der Waals surface area (Å²) < 4.78 is 10.9. The summed E-state index contributed by atoms with van der Waals surface area (Å²) in [6.45, 7) is 0. The predicted molar refractivity (Wildman–Crippen MR) is 46.2 cm³/mol. The van der Waals surface area contributed by atoms with Crippen molar-refractivity contribution in [2.75, 3.05) is 5.75 Å². The molecule has 2 aliphatic rings. The van der Waals surface area contributed by atoms with Gasteiger partial charge in [0.15, 0.2) is 0 Å². The van der Waals surface area contributed by atoms with Crippen molar-refractivity contribution in [1.29, 1.82) is 0 Å². The van der Waals surface area contributed by atoms with E-state index >= 15 is 0 Å². The normalized spacial score (nSPS) is 44.6. The van der Waals surface area contributed by atoms with Crippen molar-refractivity contribution in [1.82, 2.24) is 0 Å². The van der Waals surface area contributed by atoms with Crippen LogP contribution < -0.4 is 5.14 Å². The van der Waals surface area contributed by atoms with Gasteiger partial charge in [0.25, 0.3) is 0 Å². The SMILES string of the molecule is NS(=O)CC12CCC(CC1)C2. The molecule has 11 heavy (non-hydrogen) atoms. The lowest BCUT2D eigenvalue weighted by molar-refractivity contribution is 0.338. The molecular weight excluding hydrogens is 158 g/mol. The Bertz CT molecular complexity index is 185. The Morgan fingerprint density at radius 3 is 2.45 bits per heavy atom. The molecule has 64 valence electrons. The molecule has 2 saturated carbocycles. The van der Waals surface area contributed by atoms with Crippen LogP contribution in [-0.4, -0.2) is 9.96 Å². The van der Waals surface area contributed by atoms with E-state index in [1.807, 2.05) is 0 Å². The van der Waals surface area contributed by atoms with E-state index in [1.165, 1.54) is 32.1 Å². The summed E-state index contributed by atoms with van der Waals surface area (Å²) in [7, 11) is -1.07. The second kappa shape index (κ2) is 2.56. The van der Waals surface area contributed by atoms with Crippen molar-refractivity contribution in [3.63, 3.8) is 0 Å². The van der Waals surface area contributed by atoms with Crippen molar-refractivity contribution >= 4 is 11.0 Å². The minimum absolute atomic E-state index is 0.407. The first-order valence-corrected chi connectivity index (χ1v) is 5.71. The number of hydrogen-bond acceptors (Lipinski definition) is 1. The zero-order valence-corrected chi connectivity index (χ0v) is 7.53. The van der Waals surface area contributed by atoms with Crippen LogP contribution in [0.25, 0.3) is 0 Å². The summed E-state index contributed by atoms with van der Waals surface area (Å²) in [5.74, 6) is 1.70. The van der Waals surface area contributed by atoms with E-state index in [0.717, 1.165) is 11.7 Å². The lowest BCUT2D eigenvalue weighted by Gasteiger charge is -2.24. The molecule has 2 nitrogen and oxygen atoms in total. The molecule has 0 saturated heterocycles. The summed E-state index contributed by atoms with van der Waals surface area (Å²) in [6, 6.07) is 0. The van der Waals surface area contributed by atoms with Crippen LogP contribution in [0.3, 0.4) is 0 Å². The summed E-state index contributed by atoms with van der Waals surface area (Å²) in [5.41, 5.74) is 0.407. The second-order valence-electron chi connectivity index (χ2n) is 4.17. The standard InChI is InChI=1S/C8H15NOS/c9-11(10)6-8-3-1-7(5-8)2-4-8/h7H,1-6,9H2. The zero-order chi connectivity index (χ0) is 7.90. The van der Waals surface area contributed by atoms with Crippen LogP contribution in [0.1, 0.15) is 32.1 Å². The summed E-state index contributed by atoms with van der Waals surface area (Å²) in [5, 5.41) is 5.32.